The zero-order chi connectivity index (χ0) is 10.6. The van der Waals surface area contributed by atoms with Crippen LogP contribution in [0, 0.1) is 12.7 Å². The molecule has 0 fully saturated rings. The monoisotopic (exact) mass is 263 g/mol. The van der Waals surface area contributed by atoms with E-state index in [4.69, 9.17) is 0 Å². The minimum absolute atomic E-state index is 0.307. The summed E-state index contributed by atoms with van der Waals surface area (Å²) >= 11 is 3.10. The van der Waals surface area contributed by atoms with Crippen LogP contribution in [-0.2, 0) is 0 Å². The second-order valence-corrected chi connectivity index (χ2v) is 3.90. The Morgan fingerprint density at radius 2 is 2.14 bits per heavy atom. The van der Waals surface area contributed by atoms with E-state index in [2.05, 4.69) is 21.2 Å². The molecular formula is C10H12BrF2N. The molecule has 1 nitrogen and oxygen atoms in total. The van der Waals surface area contributed by atoms with Crippen LogP contribution >= 0.6 is 15.9 Å². The molecule has 14 heavy (non-hydrogen) atoms. The van der Waals surface area contributed by atoms with Crippen LogP contribution in [0.2, 0.25) is 0 Å². The lowest BCUT2D eigenvalue weighted by Gasteiger charge is -2.09. The van der Waals surface area contributed by atoms with Crippen molar-refractivity contribution < 1.29 is 8.78 Å². The predicted molar refractivity (Wildman–Crippen MR) is 57.9 cm³/mol. The highest BCUT2D eigenvalue weighted by Gasteiger charge is 2.04. The van der Waals surface area contributed by atoms with Crippen LogP contribution in [0.3, 0.4) is 0 Å². The maximum Gasteiger partial charge on any atom is 0.139 e. The average molecular weight is 264 g/mol. The number of alkyl halides is 1. The van der Waals surface area contributed by atoms with E-state index in [1.165, 1.54) is 6.07 Å². The first kappa shape index (κ1) is 11.4. The van der Waals surface area contributed by atoms with E-state index in [-0.39, 0.29) is 12.5 Å². The van der Waals surface area contributed by atoms with E-state index in [1.807, 2.05) is 6.92 Å². The molecule has 0 heterocycles. The van der Waals surface area contributed by atoms with Crippen LogP contribution in [0.15, 0.2) is 16.6 Å². The lowest BCUT2D eigenvalue weighted by Crippen LogP contribution is -2.04. The Kier molecular flexibility index (Phi) is 4.32. The molecule has 0 amide bonds. The molecule has 0 unspecified atom stereocenters. The lowest BCUT2D eigenvalue weighted by molar-refractivity contribution is 0.481. The number of nitrogens with one attached hydrogen (secondary N) is 1. The van der Waals surface area contributed by atoms with Gasteiger partial charge in [0.1, 0.15) is 5.82 Å². The maximum atomic E-state index is 13.1. The Morgan fingerprint density at radius 3 is 2.79 bits per heavy atom. The van der Waals surface area contributed by atoms with Gasteiger partial charge in [-0.3, -0.25) is 4.39 Å². The summed E-state index contributed by atoms with van der Waals surface area (Å²) in [6, 6.07) is 3.12. The Labute approximate surface area is 90.6 Å². The number of benzene rings is 1. The quantitative estimate of drug-likeness (QED) is 0.818. The number of aryl methyl sites for hydroxylation is 1. The Bertz CT molecular complexity index is 315. The first-order valence-corrected chi connectivity index (χ1v) is 5.20. The van der Waals surface area contributed by atoms with Gasteiger partial charge in [-0.2, -0.15) is 0 Å². The third-order valence-corrected chi connectivity index (χ3v) is 2.50. The molecule has 0 spiro atoms. The predicted octanol–water partition coefficient (Wildman–Crippen LogP) is 3.67. The highest BCUT2D eigenvalue weighted by Crippen LogP contribution is 2.23. The Morgan fingerprint density at radius 1 is 1.43 bits per heavy atom. The zero-order valence-electron chi connectivity index (χ0n) is 7.91. The van der Waals surface area contributed by atoms with Crippen molar-refractivity contribution in [1.29, 1.82) is 0 Å². The molecule has 1 aromatic rings. The summed E-state index contributed by atoms with van der Waals surface area (Å²) in [5.74, 6) is -0.307. The lowest BCUT2D eigenvalue weighted by atomic mass is 10.2. The Hall–Kier alpha value is -0.640. The van der Waals surface area contributed by atoms with Crippen molar-refractivity contribution in [2.75, 3.05) is 18.5 Å². The molecule has 1 N–H and O–H groups in total. The average Bonchev–Trinajstić information content (AvgIpc) is 2.14. The largest absolute Gasteiger partial charge is 0.385 e. The van der Waals surface area contributed by atoms with Gasteiger partial charge in [-0.1, -0.05) is 0 Å². The first-order valence-electron chi connectivity index (χ1n) is 4.40. The van der Waals surface area contributed by atoms with Crippen molar-refractivity contribution in [2.24, 2.45) is 0 Å². The summed E-state index contributed by atoms with van der Waals surface area (Å²) < 4.78 is 25.4. The van der Waals surface area contributed by atoms with Crippen molar-refractivity contribution in [3.63, 3.8) is 0 Å². The molecule has 0 radical (unpaired) electrons. The minimum atomic E-state index is -0.356. The fourth-order valence-electron chi connectivity index (χ4n) is 1.13. The third-order valence-electron chi connectivity index (χ3n) is 1.89. The van der Waals surface area contributed by atoms with Crippen molar-refractivity contribution in [2.45, 2.75) is 13.3 Å². The molecule has 0 saturated carbocycles. The van der Waals surface area contributed by atoms with Crippen molar-refractivity contribution in [1.82, 2.24) is 0 Å². The highest BCUT2D eigenvalue weighted by atomic mass is 79.9. The van der Waals surface area contributed by atoms with Crippen molar-refractivity contribution >= 4 is 21.6 Å². The van der Waals surface area contributed by atoms with Gasteiger partial charge >= 0.3 is 0 Å². The van der Waals surface area contributed by atoms with Gasteiger partial charge in [0.2, 0.25) is 0 Å². The summed E-state index contributed by atoms with van der Waals surface area (Å²) in [5.41, 5.74) is 1.66. The van der Waals surface area contributed by atoms with E-state index in [0.717, 1.165) is 11.3 Å². The van der Waals surface area contributed by atoms with Crippen molar-refractivity contribution in [3.8, 4) is 0 Å². The normalized spacial score (nSPS) is 10.3. The SMILES string of the molecule is Cc1cc(Br)c(F)cc1NCCCF. The van der Waals surface area contributed by atoms with Gasteiger partial charge < -0.3 is 5.32 Å². The van der Waals surface area contributed by atoms with Crippen molar-refractivity contribution in [3.05, 3.63) is 28.0 Å². The van der Waals surface area contributed by atoms with Gasteiger partial charge in [0.15, 0.2) is 0 Å². The Balaban J connectivity index is 2.72. The summed E-state index contributed by atoms with van der Waals surface area (Å²) in [4.78, 5) is 0. The van der Waals surface area contributed by atoms with E-state index >= 15 is 0 Å². The van der Waals surface area contributed by atoms with Crippen LogP contribution in [0.25, 0.3) is 0 Å². The zero-order valence-corrected chi connectivity index (χ0v) is 9.50. The van der Waals surface area contributed by atoms with Gasteiger partial charge in [-0.05, 0) is 47.0 Å². The van der Waals surface area contributed by atoms with Crippen LogP contribution in [0.1, 0.15) is 12.0 Å². The van der Waals surface area contributed by atoms with Gasteiger partial charge in [-0.25, -0.2) is 4.39 Å². The van der Waals surface area contributed by atoms with Crippen LogP contribution in [0.4, 0.5) is 14.5 Å². The van der Waals surface area contributed by atoms with Gasteiger partial charge in [0, 0.05) is 12.2 Å². The number of hydrogen-bond donors (Lipinski definition) is 1. The molecule has 0 atom stereocenters. The summed E-state index contributed by atoms with van der Waals surface area (Å²) in [5, 5.41) is 2.98. The highest BCUT2D eigenvalue weighted by molar-refractivity contribution is 9.10. The molecule has 0 aromatic heterocycles. The fourth-order valence-corrected chi connectivity index (χ4v) is 1.58. The topological polar surface area (TPSA) is 12.0 Å². The minimum Gasteiger partial charge on any atom is -0.385 e. The van der Waals surface area contributed by atoms with E-state index in [9.17, 15) is 8.78 Å². The molecule has 4 heteroatoms. The molecule has 0 aliphatic rings. The van der Waals surface area contributed by atoms with E-state index in [0.29, 0.717) is 17.4 Å². The summed E-state index contributed by atoms with van der Waals surface area (Å²) in [6.45, 7) is 2.05. The van der Waals surface area contributed by atoms with Crippen LogP contribution in [-0.4, -0.2) is 13.2 Å². The summed E-state index contributed by atoms with van der Waals surface area (Å²) in [7, 11) is 0. The molecular weight excluding hydrogens is 252 g/mol. The smallest absolute Gasteiger partial charge is 0.139 e. The molecule has 0 bridgehead atoms. The molecule has 0 aliphatic heterocycles. The summed E-state index contributed by atoms with van der Waals surface area (Å²) in [6.07, 6.45) is 0.442. The van der Waals surface area contributed by atoms with E-state index < -0.39 is 0 Å². The van der Waals surface area contributed by atoms with Gasteiger partial charge in [-0.15, -0.1) is 0 Å². The van der Waals surface area contributed by atoms with Crippen LogP contribution in [0.5, 0.6) is 0 Å². The maximum absolute atomic E-state index is 13.1. The molecule has 1 aromatic carbocycles. The molecule has 1 rings (SSSR count). The van der Waals surface area contributed by atoms with Gasteiger partial charge in [0.25, 0.3) is 0 Å². The number of anilines is 1. The molecule has 78 valence electrons. The number of hydrogen-bond acceptors (Lipinski definition) is 1. The fraction of sp³-hybridized carbons (Fsp3) is 0.400. The molecule has 0 aliphatic carbocycles. The molecule has 0 saturated heterocycles. The van der Waals surface area contributed by atoms with Gasteiger partial charge in [0.05, 0.1) is 11.1 Å². The van der Waals surface area contributed by atoms with Crippen LogP contribution < -0.4 is 5.32 Å². The second kappa shape index (κ2) is 5.29. The number of rotatable bonds is 4. The first-order chi connectivity index (χ1) is 6.65. The number of halogens is 3. The second-order valence-electron chi connectivity index (χ2n) is 3.05. The standard InChI is InChI=1S/C10H12BrF2N/c1-7-5-8(11)9(13)6-10(7)14-4-2-3-12/h5-6,14H,2-4H2,1H3. The van der Waals surface area contributed by atoms with E-state index in [1.54, 1.807) is 6.07 Å². The third kappa shape index (κ3) is 2.94.